The Morgan fingerprint density at radius 1 is 1.33 bits per heavy atom. The van der Waals surface area contributed by atoms with E-state index in [1.54, 1.807) is 6.07 Å². The Balaban J connectivity index is 1.97. The first kappa shape index (κ1) is 11.2. The van der Waals surface area contributed by atoms with Crippen molar-refractivity contribution in [3.05, 3.63) is 47.8 Å². The number of carbonyl (C=O) groups is 1. The van der Waals surface area contributed by atoms with Gasteiger partial charge in [-0.3, -0.25) is 4.79 Å². The first-order valence-corrected chi connectivity index (χ1v) is 6.22. The molecular formula is C15H14FNO. The van der Waals surface area contributed by atoms with Crippen molar-refractivity contribution in [2.45, 2.75) is 19.3 Å². The second-order valence-electron chi connectivity index (χ2n) is 4.77. The number of anilines is 1. The highest BCUT2D eigenvalue weighted by Crippen LogP contribution is 2.34. The molecule has 0 saturated carbocycles. The summed E-state index contributed by atoms with van der Waals surface area (Å²) in [5, 5.41) is 2.77. The molecule has 0 radical (unpaired) electrons. The highest BCUT2D eigenvalue weighted by Gasteiger charge is 2.25. The lowest BCUT2D eigenvalue weighted by molar-refractivity contribution is -0.110. The molecule has 3 rings (SSSR count). The highest BCUT2D eigenvalue weighted by molar-refractivity contribution is 6.31. The summed E-state index contributed by atoms with van der Waals surface area (Å²) in [6.07, 6.45) is 9.36. The van der Waals surface area contributed by atoms with Gasteiger partial charge in [0, 0.05) is 16.8 Å². The van der Waals surface area contributed by atoms with E-state index >= 15 is 0 Å². The minimum Gasteiger partial charge on any atom is -0.321 e. The summed E-state index contributed by atoms with van der Waals surface area (Å²) < 4.78 is 13.3. The molecule has 1 N–H and O–H groups in total. The Morgan fingerprint density at radius 3 is 3.00 bits per heavy atom. The van der Waals surface area contributed by atoms with Crippen LogP contribution in [0, 0.1) is 11.7 Å². The SMILES string of the molecule is O=C1Nc2ccc(F)cc2C1=CC1CC=CCC1. The fraction of sp³-hybridized carbons (Fsp3) is 0.267. The van der Waals surface area contributed by atoms with Crippen LogP contribution in [0.5, 0.6) is 0 Å². The van der Waals surface area contributed by atoms with Crippen LogP contribution < -0.4 is 5.32 Å². The number of hydrogen-bond acceptors (Lipinski definition) is 1. The zero-order chi connectivity index (χ0) is 12.5. The van der Waals surface area contributed by atoms with Crippen LogP contribution in [0.25, 0.3) is 5.57 Å². The summed E-state index contributed by atoms with van der Waals surface area (Å²) in [5.41, 5.74) is 2.01. The second-order valence-corrected chi connectivity index (χ2v) is 4.77. The van der Waals surface area contributed by atoms with Crippen molar-refractivity contribution in [3.63, 3.8) is 0 Å². The molecule has 2 aliphatic rings. The smallest absolute Gasteiger partial charge is 0.256 e. The monoisotopic (exact) mass is 243 g/mol. The van der Waals surface area contributed by atoms with Crippen LogP contribution in [0.4, 0.5) is 10.1 Å². The first-order chi connectivity index (χ1) is 8.74. The topological polar surface area (TPSA) is 29.1 Å². The van der Waals surface area contributed by atoms with Gasteiger partial charge in [-0.15, -0.1) is 0 Å². The number of amides is 1. The number of rotatable bonds is 1. The fourth-order valence-corrected chi connectivity index (χ4v) is 2.53. The largest absolute Gasteiger partial charge is 0.321 e. The zero-order valence-electron chi connectivity index (χ0n) is 9.95. The lowest BCUT2D eigenvalue weighted by Crippen LogP contribution is -2.06. The number of carbonyl (C=O) groups excluding carboxylic acids is 1. The van der Waals surface area contributed by atoms with E-state index in [4.69, 9.17) is 0 Å². The molecule has 18 heavy (non-hydrogen) atoms. The molecule has 92 valence electrons. The predicted octanol–water partition coefficient (Wildman–Crippen LogP) is 3.52. The van der Waals surface area contributed by atoms with Crippen molar-refractivity contribution < 1.29 is 9.18 Å². The first-order valence-electron chi connectivity index (χ1n) is 6.22. The number of halogens is 1. The Hall–Kier alpha value is -1.90. The quantitative estimate of drug-likeness (QED) is 0.593. The van der Waals surface area contributed by atoms with Gasteiger partial charge in [0.1, 0.15) is 5.82 Å². The number of nitrogens with one attached hydrogen (secondary N) is 1. The van der Waals surface area contributed by atoms with Gasteiger partial charge in [-0.05, 0) is 43.4 Å². The molecule has 1 aromatic rings. The zero-order valence-corrected chi connectivity index (χ0v) is 9.95. The van der Waals surface area contributed by atoms with Crippen molar-refractivity contribution in [3.8, 4) is 0 Å². The average Bonchev–Trinajstić information content (AvgIpc) is 2.67. The Bertz CT molecular complexity index is 560. The molecule has 3 heteroatoms. The predicted molar refractivity (Wildman–Crippen MR) is 69.5 cm³/mol. The standard InChI is InChI=1S/C15H14FNO/c16-11-6-7-14-12(9-11)13(15(18)17-14)8-10-4-2-1-3-5-10/h1-2,6-10H,3-5H2,(H,17,18). The third kappa shape index (κ3) is 1.96. The second kappa shape index (κ2) is 4.41. The maximum atomic E-state index is 13.3. The summed E-state index contributed by atoms with van der Waals surface area (Å²) in [6.45, 7) is 0. The molecule has 0 saturated heterocycles. The van der Waals surface area contributed by atoms with Crippen LogP contribution in [0.1, 0.15) is 24.8 Å². The van der Waals surface area contributed by atoms with E-state index < -0.39 is 0 Å². The minimum atomic E-state index is -0.306. The van der Waals surface area contributed by atoms with Crippen LogP contribution in [0.3, 0.4) is 0 Å². The van der Waals surface area contributed by atoms with Gasteiger partial charge in [0.15, 0.2) is 0 Å². The van der Waals surface area contributed by atoms with E-state index in [9.17, 15) is 9.18 Å². The van der Waals surface area contributed by atoms with Gasteiger partial charge >= 0.3 is 0 Å². The lowest BCUT2D eigenvalue weighted by atomic mass is 9.91. The van der Waals surface area contributed by atoms with Crippen molar-refractivity contribution >= 4 is 17.2 Å². The van der Waals surface area contributed by atoms with E-state index in [0.29, 0.717) is 22.7 Å². The van der Waals surface area contributed by atoms with E-state index in [2.05, 4.69) is 17.5 Å². The van der Waals surface area contributed by atoms with Gasteiger partial charge in [0.25, 0.3) is 5.91 Å². The third-order valence-electron chi connectivity index (χ3n) is 3.48. The summed E-state index contributed by atoms with van der Waals surface area (Å²) in [4.78, 5) is 11.9. The number of hydrogen-bond donors (Lipinski definition) is 1. The molecule has 1 atom stereocenters. The molecule has 1 unspecified atom stereocenters. The van der Waals surface area contributed by atoms with Crippen LogP contribution in [0.2, 0.25) is 0 Å². The van der Waals surface area contributed by atoms with E-state index in [1.807, 2.05) is 6.08 Å². The lowest BCUT2D eigenvalue weighted by Gasteiger charge is -2.14. The Kier molecular flexibility index (Phi) is 2.74. The van der Waals surface area contributed by atoms with Gasteiger partial charge in [-0.25, -0.2) is 4.39 Å². The number of fused-ring (bicyclic) bond motifs is 1. The van der Waals surface area contributed by atoms with Crippen LogP contribution in [-0.4, -0.2) is 5.91 Å². The molecule has 2 nitrogen and oxygen atoms in total. The third-order valence-corrected chi connectivity index (χ3v) is 3.48. The summed E-state index contributed by atoms with van der Waals surface area (Å²) in [5.74, 6) is -0.0465. The minimum absolute atomic E-state index is 0.120. The molecule has 0 bridgehead atoms. The molecule has 1 amide bonds. The molecule has 0 aromatic heterocycles. The normalized spacial score (nSPS) is 24.2. The molecule has 1 heterocycles. The van der Waals surface area contributed by atoms with Crippen molar-refractivity contribution in [1.82, 2.24) is 0 Å². The summed E-state index contributed by atoms with van der Waals surface area (Å²) >= 11 is 0. The maximum Gasteiger partial charge on any atom is 0.256 e. The molecule has 1 aliphatic heterocycles. The van der Waals surface area contributed by atoms with E-state index in [-0.39, 0.29) is 11.7 Å². The molecule has 1 aliphatic carbocycles. The molecule has 0 fully saturated rings. The van der Waals surface area contributed by atoms with Crippen LogP contribution in [-0.2, 0) is 4.79 Å². The average molecular weight is 243 g/mol. The summed E-state index contributed by atoms with van der Waals surface area (Å²) in [7, 11) is 0. The molecule has 0 spiro atoms. The van der Waals surface area contributed by atoms with Crippen molar-refractivity contribution in [2.75, 3.05) is 5.32 Å². The summed E-state index contributed by atoms with van der Waals surface area (Å²) in [6, 6.07) is 4.41. The van der Waals surface area contributed by atoms with Crippen LogP contribution >= 0.6 is 0 Å². The van der Waals surface area contributed by atoms with E-state index in [1.165, 1.54) is 12.1 Å². The van der Waals surface area contributed by atoms with Gasteiger partial charge in [-0.2, -0.15) is 0 Å². The van der Waals surface area contributed by atoms with Gasteiger partial charge in [0.2, 0.25) is 0 Å². The Labute approximate surface area is 105 Å². The van der Waals surface area contributed by atoms with E-state index in [0.717, 1.165) is 19.3 Å². The van der Waals surface area contributed by atoms with Crippen molar-refractivity contribution in [2.24, 2.45) is 5.92 Å². The highest BCUT2D eigenvalue weighted by atomic mass is 19.1. The van der Waals surface area contributed by atoms with Gasteiger partial charge < -0.3 is 5.32 Å². The van der Waals surface area contributed by atoms with Crippen LogP contribution in [0.15, 0.2) is 36.4 Å². The van der Waals surface area contributed by atoms with Gasteiger partial charge in [-0.1, -0.05) is 18.2 Å². The Morgan fingerprint density at radius 2 is 2.22 bits per heavy atom. The number of benzene rings is 1. The van der Waals surface area contributed by atoms with Crippen molar-refractivity contribution in [1.29, 1.82) is 0 Å². The number of allylic oxidation sites excluding steroid dienone is 3. The molecule has 1 aromatic carbocycles. The van der Waals surface area contributed by atoms with Gasteiger partial charge in [0.05, 0.1) is 0 Å². The fourth-order valence-electron chi connectivity index (χ4n) is 2.53. The molecular weight excluding hydrogens is 229 g/mol. The maximum absolute atomic E-state index is 13.3.